The summed E-state index contributed by atoms with van der Waals surface area (Å²) in [4.78, 5) is 11.4. The molecule has 0 radical (unpaired) electrons. The number of hydrogen-bond donors (Lipinski definition) is 2. The smallest absolute Gasteiger partial charge is 0.408 e. The molecule has 0 atom stereocenters. The lowest BCUT2D eigenvalue weighted by Gasteiger charge is -2.05. The van der Waals surface area contributed by atoms with Crippen LogP contribution in [0.1, 0.15) is 12.5 Å². The third-order valence-electron chi connectivity index (χ3n) is 3.17. The molecule has 0 bridgehead atoms. The van der Waals surface area contributed by atoms with E-state index in [4.69, 9.17) is 4.42 Å². The SMILES string of the molecule is CCNCCNCCc1ccc2oc(=O)n(C)c2c1. The van der Waals surface area contributed by atoms with E-state index in [0.717, 1.165) is 38.1 Å². The predicted octanol–water partition coefficient (Wildman–Crippen LogP) is 0.873. The Kier molecular flexibility index (Phi) is 4.76. The van der Waals surface area contributed by atoms with E-state index in [-0.39, 0.29) is 5.76 Å². The van der Waals surface area contributed by atoms with Crippen molar-refractivity contribution in [2.45, 2.75) is 13.3 Å². The summed E-state index contributed by atoms with van der Waals surface area (Å²) in [6.45, 7) is 6.01. The van der Waals surface area contributed by atoms with Crippen LogP contribution in [0, 0.1) is 0 Å². The van der Waals surface area contributed by atoms with Gasteiger partial charge in [-0.1, -0.05) is 13.0 Å². The van der Waals surface area contributed by atoms with Gasteiger partial charge in [0.2, 0.25) is 0 Å². The maximum absolute atomic E-state index is 11.4. The Morgan fingerprint density at radius 2 is 2.00 bits per heavy atom. The normalized spacial score (nSPS) is 11.3. The van der Waals surface area contributed by atoms with Gasteiger partial charge in [0.15, 0.2) is 5.58 Å². The summed E-state index contributed by atoms with van der Waals surface area (Å²) in [6.07, 6.45) is 0.946. The van der Waals surface area contributed by atoms with E-state index >= 15 is 0 Å². The molecule has 0 aliphatic carbocycles. The van der Waals surface area contributed by atoms with Crippen molar-refractivity contribution in [3.05, 3.63) is 34.3 Å². The van der Waals surface area contributed by atoms with Crippen LogP contribution in [0.2, 0.25) is 0 Å². The fourth-order valence-electron chi connectivity index (χ4n) is 2.04. The molecule has 0 aliphatic heterocycles. The molecule has 1 heterocycles. The van der Waals surface area contributed by atoms with E-state index in [1.165, 1.54) is 10.1 Å². The highest BCUT2D eigenvalue weighted by Crippen LogP contribution is 2.14. The lowest BCUT2D eigenvalue weighted by molar-refractivity contribution is 0.528. The van der Waals surface area contributed by atoms with Gasteiger partial charge in [0.05, 0.1) is 5.52 Å². The van der Waals surface area contributed by atoms with E-state index in [0.29, 0.717) is 5.58 Å². The lowest BCUT2D eigenvalue weighted by Crippen LogP contribution is -2.28. The third-order valence-corrected chi connectivity index (χ3v) is 3.17. The zero-order valence-electron chi connectivity index (χ0n) is 11.5. The molecule has 1 aromatic carbocycles. The van der Waals surface area contributed by atoms with Crippen LogP contribution in [0.15, 0.2) is 27.4 Å². The summed E-state index contributed by atoms with van der Waals surface area (Å²) in [7, 11) is 1.73. The van der Waals surface area contributed by atoms with Gasteiger partial charge in [-0.15, -0.1) is 0 Å². The van der Waals surface area contributed by atoms with E-state index in [2.05, 4.69) is 17.6 Å². The molecule has 1 aromatic heterocycles. The maximum atomic E-state index is 11.4. The topological polar surface area (TPSA) is 59.2 Å². The van der Waals surface area contributed by atoms with E-state index in [9.17, 15) is 4.79 Å². The molecule has 0 spiro atoms. The average molecular weight is 263 g/mol. The van der Waals surface area contributed by atoms with Gasteiger partial charge >= 0.3 is 5.76 Å². The number of likely N-dealkylation sites (N-methyl/N-ethyl adjacent to an activating group) is 1. The lowest BCUT2D eigenvalue weighted by atomic mass is 10.1. The van der Waals surface area contributed by atoms with Crippen molar-refractivity contribution in [3.63, 3.8) is 0 Å². The molecule has 5 nitrogen and oxygen atoms in total. The molecule has 0 saturated heterocycles. The van der Waals surface area contributed by atoms with Gasteiger partial charge in [-0.2, -0.15) is 0 Å². The molecule has 0 amide bonds. The monoisotopic (exact) mass is 263 g/mol. The van der Waals surface area contributed by atoms with E-state index < -0.39 is 0 Å². The summed E-state index contributed by atoms with van der Waals surface area (Å²) < 4.78 is 6.65. The first-order valence-corrected chi connectivity index (χ1v) is 6.72. The summed E-state index contributed by atoms with van der Waals surface area (Å²) >= 11 is 0. The number of aryl methyl sites for hydroxylation is 1. The zero-order valence-corrected chi connectivity index (χ0v) is 11.5. The molecule has 0 unspecified atom stereocenters. The van der Waals surface area contributed by atoms with Gasteiger partial charge in [-0.3, -0.25) is 4.57 Å². The van der Waals surface area contributed by atoms with Crippen molar-refractivity contribution < 1.29 is 4.42 Å². The zero-order chi connectivity index (χ0) is 13.7. The van der Waals surface area contributed by atoms with Crippen LogP contribution in [0.3, 0.4) is 0 Å². The molecule has 5 heteroatoms. The molecule has 2 aromatic rings. The summed E-state index contributed by atoms with van der Waals surface area (Å²) in [5.74, 6) is -0.309. The molecule has 2 N–H and O–H groups in total. The van der Waals surface area contributed by atoms with Crippen LogP contribution in [0.4, 0.5) is 0 Å². The van der Waals surface area contributed by atoms with Gasteiger partial charge in [-0.25, -0.2) is 4.79 Å². The Hall–Kier alpha value is -1.59. The Morgan fingerprint density at radius 1 is 1.21 bits per heavy atom. The van der Waals surface area contributed by atoms with Crippen molar-refractivity contribution in [1.29, 1.82) is 0 Å². The Bertz CT molecular complexity index is 586. The highest BCUT2D eigenvalue weighted by Gasteiger charge is 2.05. The highest BCUT2D eigenvalue weighted by molar-refractivity contribution is 5.73. The first-order chi connectivity index (χ1) is 9.22. The Morgan fingerprint density at radius 3 is 2.79 bits per heavy atom. The fraction of sp³-hybridized carbons (Fsp3) is 0.500. The first kappa shape index (κ1) is 13.8. The van der Waals surface area contributed by atoms with E-state index in [1.807, 2.05) is 18.2 Å². The second kappa shape index (κ2) is 6.54. The van der Waals surface area contributed by atoms with Gasteiger partial charge in [0.1, 0.15) is 0 Å². The van der Waals surface area contributed by atoms with Crippen molar-refractivity contribution in [1.82, 2.24) is 15.2 Å². The molecule has 0 fully saturated rings. The maximum Gasteiger partial charge on any atom is 0.419 e. The summed E-state index contributed by atoms with van der Waals surface area (Å²) in [5.41, 5.74) is 2.71. The summed E-state index contributed by atoms with van der Waals surface area (Å²) in [6, 6.07) is 5.90. The van der Waals surface area contributed by atoms with Crippen LogP contribution in [-0.2, 0) is 13.5 Å². The molecule has 104 valence electrons. The first-order valence-electron chi connectivity index (χ1n) is 6.72. The minimum absolute atomic E-state index is 0.309. The summed E-state index contributed by atoms with van der Waals surface area (Å²) in [5, 5.41) is 6.65. The second-order valence-corrected chi connectivity index (χ2v) is 4.58. The fourth-order valence-corrected chi connectivity index (χ4v) is 2.04. The van der Waals surface area contributed by atoms with Crippen molar-refractivity contribution >= 4 is 11.1 Å². The predicted molar refractivity (Wildman–Crippen MR) is 76.6 cm³/mol. The number of oxazole rings is 1. The number of hydrogen-bond acceptors (Lipinski definition) is 4. The molecular weight excluding hydrogens is 242 g/mol. The highest BCUT2D eigenvalue weighted by atomic mass is 16.4. The molecular formula is C14H21N3O2. The van der Waals surface area contributed by atoms with Gasteiger partial charge in [0, 0.05) is 20.1 Å². The number of fused-ring (bicyclic) bond motifs is 1. The van der Waals surface area contributed by atoms with Crippen molar-refractivity contribution in [2.75, 3.05) is 26.2 Å². The minimum Gasteiger partial charge on any atom is -0.408 e. The average Bonchev–Trinajstić information content (AvgIpc) is 2.70. The Balaban J connectivity index is 1.91. The van der Waals surface area contributed by atoms with Crippen LogP contribution in [0.5, 0.6) is 0 Å². The number of nitrogens with one attached hydrogen (secondary N) is 2. The standard InChI is InChI=1S/C14H21N3O2/c1-3-15-8-9-16-7-6-11-4-5-13-12(10-11)17(2)14(18)19-13/h4-5,10,15-16H,3,6-9H2,1-2H3. The molecule has 2 rings (SSSR count). The third kappa shape index (κ3) is 3.45. The van der Waals surface area contributed by atoms with Crippen LogP contribution < -0.4 is 16.4 Å². The van der Waals surface area contributed by atoms with Gasteiger partial charge in [-0.05, 0) is 37.2 Å². The number of nitrogens with zero attached hydrogens (tertiary/aromatic N) is 1. The molecule has 19 heavy (non-hydrogen) atoms. The number of rotatable bonds is 7. The van der Waals surface area contributed by atoms with E-state index in [1.54, 1.807) is 7.05 Å². The minimum atomic E-state index is -0.309. The van der Waals surface area contributed by atoms with Gasteiger partial charge in [0.25, 0.3) is 0 Å². The number of benzene rings is 1. The Labute approximate surface area is 112 Å². The largest absolute Gasteiger partial charge is 0.419 e. The van der Waals surface area contributed by atoms with Crippen LogP contribution in [-0.4, -0.2) is 30.7 Å². The molecule has 0 aliphatic rings. The van der Waals surface area contributed by atoms with Crippen molar-refractivity contribution in [3.8, 4) is 0 Å². The number of aromatic nitrogens is 1. The van der Waals surface area contributed by atoms with Crippen LogP contribution in [0.25, 0.3) is 11.1 Å². The van der Waals surface area contributed by atoms with Crippen molar-refractivity contribution in [2.24, 2.45) is 7.05 Å². The van der Waals surface area contributed by atoms with Gasteiger partial charge < -0.3 is 15.1 Å². The quantitative estimate of drug-likeness (QED) is 0.728. The molecule has 0 saturated carbocycles. The second-order valence-electron chi connectivity index (χ2n) is 4.58. The van der Waals surface area contributed by atoms with Crippen LogP contribution >= 0.6 is 0 Å².